The molecule has 0 aliphatic heterocycles. The zero-order valence-corrected chi connectivity index (χ0v) is 16.8. The Balaban J connectivity index is 1.73. The van der Waals surface area contributed by atoms with E-state index in [4.69, 9.17) is 14.2 Å². The number of carbonyl (C=O) groups excluding carboxylic acids is 2. The van der Waals surface area contributed by atoms with E-state index in [9.17, 15) is 9.59 Å². The molecule has 3 aromatic rings. The summed E-state index contributed by atoms with van der Waals surface area (Å²) in [6.07, 6.45) is 2.94. The molecule has 5 nitrogen and oxygen atoms in total. The van der Waals surface area contributed by atoms with Crippen molar-refractivity contribution in [2.24, 2.45) is 0 Å². The third kappa shape index (κ3) is 5.58. The van der Waals surface area contributed by atoms with Gasteiger partial charge in [-0.15, -0.1) is 0 Å². The zero-order valence-electron chi connectivity index (χ0n) is 16.8. The summed E-state index contributed by atoms with van der Waals surface area (Å²) >= 11 is 0. The number of ether oxygens (including phenoxy) is 3. The van der Waals surface area contributed by atoms with Gasteiger partial charge in [0.25, 0.3) is 0 Å². The van der Waals surface area contributed by atoms with Crippen LogP contribution >= 0.6 is 0 Å². The van der Waals surface area contributed by atoms with Crippen LogP contribution in [0.1, 0.15) is 28.4 Å². The lowest BCUT2D eigenvalue weighted by molar-refractivity contribution is -0.128. The molecule has 0 spiro atoms. The van der Waals surface area contributed by atoms with E-state index in [0.717, 1.165) is 16.9 Å². The molecule has 30 heavy (non-hydrogen) atoms. The van der Waals surface area contributed by atoms with Crippen LogP contribution in [-0.4, -0.2) is 18.9 Å². The molecule has 0 aliphatic rings. The smallest absolute Gasteiger partial charge is 0.336 e. The van der Waals surface area contributed by atoms with Crippen molar-refractivity contribution in [3.63, 3.8) is 0 Å². The summed E-state index contributed by atoms with van der Waals surface area (Å²) in [5.74, 6) is 0.426. The lowest BCUT2D eigenvalue weighted by atomic mass is 10.1. The Morgan fingerprint density at radius 2 is 1.57 bits per heavy atom. The van der Waals surface area contributed by atoms with Crippen LogP contribution < -0.4 is 14.2 Å². The summed E-state index contributed by atoms with van der Waals surface area (Å²) in [5.41, 5.74) is 2.02. The van der Waals surface area contributed by atoms with Crippen LogP contribution in [0.2, 0.25) is 0 Å². The van der Waals surface area contributed by atoms with Gasteiger partial charge in [-0.2, -0.15) is 0 Å². The maximum Gasteiger partial charge on any atom is 0.336 e. The zero-order chi connectivity index (χ0) is 21.3. The number of methoxy groups -OCH3 is 1. The summed E-state index contributed by atoms with van der Waals surface area (Å²) in [6.45, 7) is 1.71. The van der Waals surface area contributed by atoms with Crippen molar-refractivity contribution in [3.8, 4) is 17.2 Å². The van der Waals surface area contributed by atoms with Crippen molar-refractivity contribution in [2.75, 3.05) is 7.11 Å². The van der Waals surface area contributed by atoms with Gasteiger partial charge in [-0.05, 0) is 48.4 Å². The molecule has 0 saturated carbocycles. The first kappa shape index (κ1) is 20.9. The molecule has 0 aromatic heterocycles. The fourth-order valence-electron chi connectivity index (χ4n) is 2.82. The Morgan fingerprint density at radius 3 is 2.23 bits per heavy atom. The average Bonchev–Trinajstić information content (AvgIpc) is 2.77. The van der Waals surface area contributed by atoms with Crippen molar-refractivity contribution in [3.05, 3.63) is 95.6 Å². The topological polar surface area (TPSA) is 61.8 Å². The fourth-order valence-corrected chi connectivity index (χ4v) is 2.82. The highest BCUT2D eigenvalue weighted by Crippen LogP contribution is 2.30. The van der Waals surface area contributed by atoms with E-state index in [1.807, 2.05) is 42.5 Å². The Kier molecular flexibility index (Phi) is 7.00. The van der Waals surface area contributed by atoms with Gasteiger partial charge in [0.1, 0.15) is 29.4 Å². The van der Waals surface area contributed by atoms with E-state index in [-0.39, 0.29) is 17.1 Å². The van der Waals surface area contributed by atoms with Gasteiger partial charge in [0.05, 0.1) is 7.11 Å². The summed E-state index contributed by atoms with van der Waals surface area (Å²) in [5, 5.41) is 0. The van der Waals surface area contributed by atoms with Crippen LogP contribution in [0.5, 0.6) is 17.2 Å². The molecule has 0 radical (unpaired) electrons. The maximum atomic E-state index is 12.3. The second-order valence-corrected chi connectivity index (χ2v) is 6.49. The molecular formula is C25H22O5. The molecule has 3 aromatic carbocycles. The highest BCUT2D eigenvalue weighted by Gasteiger charge is 2.17. The van der Waals surface area contributed by atoms with Gasteiger partial charge in [0, 0.05) is 6.08 Å². The molecule has 0 amide bonds. The van der Waals surface area contributed by atoms with Gasteiger partial charge in [0.15, 0.2) is 5.78 Å². The number of Topliss-reactive ketones (excluding diaryl/α,β-unsaturated/α-hetero) is 1. The molecule has 152 valence electrons. The minimum Gasteiger partial charge on any atom is -0.497 e. The van der Waals surface area contributed by atoms with Gasteiger partial charge < -0.3 is 14.2 Å². The van der Waals surface area contributed by atoms with Crippen LogP contribution in [0.15, 0.2) is 78.9 Å². The van der Waals surface area contributed by atoms with E-state index in [2.05, 4.69) is 0 Å². The third-order valence-corrected chi connectivity index (χ3v) is 4.32. The second kappa shape index (κ2) is 10.1. The molecule has 0 fully saturated rings. The average molecular weight is 402 g/mol. The van der Waals surface area contributed by atoms with E-state index >= 15 is 0 Å². The van der Waals surface area contributed by atoms with Crippen LogP contribution in [-0.2, 0) is 11.4 Å². The lowest BCUT2D eigenvalue weighted by Gasteiger charge is -2.13. The number of ketones is 1. The fraction of sp³-hybridized carbons (Fsp3) is 0.120. The van der Waals surface area contributed by atoms with Crippen molar-refractivity contribution in [1.29, 1.82) is 0 Å². The van der Waals surface area contributed by atoms with E-state index in [1.165, 1.54) is 13.0 Å². The molecule has 0 atom stereocenters. The molecule has 0 heterocycles. The van der Waals surface area contributed by atoms with Crippen molar-refractivity contribution < 1.29 is 23.8 Å². The van der Waals surface area contributed by atoms with Crippen molar-refractivity contribution >= 4 is 17.8 Å². The Morgan fingerprint density at radius 1 is 0.867 bits per heavy atom. The number of benzene rings is 3. The largest absolute Gasteiger partial charge is 0.497 e. The molecule has 3 rings (SSSR count). The quantitative estimate of drug-likeness (QED) is 0.227. The molecule has 0 bridgehead atoms. The van der Waals surface area contributed by atoms with Crippen LogP contribution in [0.25, 0.3) is 6.08 Å². The minimum atomic E-state index is -0.589. The van der Waals surface area contributed by atoms with Crippen LogP contribution in [0, 0.1) is 0 Å². The van der Waals surface area contributed by atoms with E-state index < -0.39 is 5.97 Å². The Hall–Kier alpha value is -3.86. The number of carbonyl (C=O) groups is 2. The third-order valence-electron chi connectivity index (χ3n) is 4.32. The van der Waals surface area contributed by atoms with Crippen LogP contribution in [0.3, 0.4) is 0 Å². The summed E-state index contributed by atoms with van der Waals surface area (Å²) in [7, 11) is 1.59. The number of rotatable bonds is 8. The van der Waals surface area contributed by atoms with Crippen molar-refractivity contribution in [1.82, 2.24) is 0 Å². The standard InChI is InChI=1S/C25H22O5/c1-18(26)25-22(29-17-20-7-4-3-5-8-20)9-6-10-23(25)30-24(27)16-13-19-11-14-21(28-2)15-12-19/h3-16H,17H2,1-2H3/b16-13+. The minimum absolute atomic E-state index is 0.164. The number of hydrogen-bond acceptors (Lipinski definition) is 5. The molecule has 0 saturated heterocycles. The highest BCUT2D eigenvalue weighted by atomic mass is 16.5. The molecule has 0 N–H and O–H groups in total. The first-order chi connectivity index (χ1) is 14.6. The van der Waals surface area contributed by atoms with Crippen molar-refractivity contribution in [2.45, 2.75) is 13.5 Å². The summed E-state index contributed by atoms with van der Waals surface area (Å²) in [6, 6.07) is 21.8. The van der Waals surface area contributed by atoms with Gasteiger partial charge in [0.2, 0.25) is 0 Å². The second-order valence-electron chi connectivity index (χ2n) is 6.49. The number of hydrogen-bond donors (Lipinski definition) is 0. The highest BCUT2D eigenvalue weighted by molar-refractivity contribution is 6.01. The molecule has 5 heteroatoms. The lowest BCUT2D eigenvalue weighted by Crippen LogP contribution is -2.09. The van der Waals surface area contributed by atoms with E-state index in [1.54, 1.807) is 43.5 Å². The summed E-state index contributed by atoms with van der Waals surface area (Å²) in [4.78, 5) is 24.5. The van der Waals surface area contributed by atoms with Gasteiger partial charge in [-0.25, -0.2) is 4.79 Å². The van der Waals surface area contributed by atoms with Crippen LogP contribution in [0.4, 0.5) is 0 Å². The molecule has 0 unspecified atom stereocenters. The predicted octanol–water partition coefficient (Wildman–Crippen LogP) is 5.10. The Labute approximate surface area is 175 Å². The van der Waals surface area contributed by atoms with Gasteiger partial charge in [-0.1, -0.05) is 48.5 Å². The first-order valence-electron chi connectivity index (χ1n) is 9.41. The SMILES string of the molecule is COc1ccc(/C=C/C(=O)Oc2cccc(OCc3ccccc3)c2C(C)=O)cc1. The first-order valence-corrected chi connectivity index (χ1v) is 9.41. The predicted molar refractivity (Wildman–Crippen MR) is 115 cm³/mol. The molecular weight excluding hydrogens is 380 g/mol. The van der Waals surface area contributed by atoms with Gasteiger partial charge >= 0.3 is 5.97 Å². The monoisotopic (exact) mass is 402 g/mol. The molecule has 0 aliphatic carbocycles. The van der Waals surface area contributed by atoms with Gasteiger partial charge in [-0.3, -0.25) is 4.79 Å². The maximum absolute atomic E-state index is 12.3. The summed E-state index contributed by atoms with van der Waals surface area (Å²) < 4.78 is 16.3. The number of esters is 1. The van der Waals surface area contributed by atoms with E-state index in [0.29, 0.717) is 12.4 Å². The normalized spacial score (nSPS) is 10.6. The Bertz CT molecular complexity index is 1040.